The molecular weight excluding hydrogens is 272 g/mol. The molecule has 1 atom stereocenters. The normalized spacial score (nSPS) is 11.9. The monoisotopic (exact) mass is 288 g/mol. The van der Waals surface area contributed by atoms with Gasteiger partial charge in [0.2, 0.25) is 0 Å². The number of benzene rings is 2. The van der Waals surface area contributed by atoms with Gasteiger partial charge in [-0.05, 0) is 60.3 Å². The largest absolute Gasteiger partial charge is 0.486 e. The molecule has 2 aromatic rings. The van der Waals surface area contributed by atoms with E-state index in [2.05, 4.69) is 26.0 Å². The first-order valence-corrected chi connectivity index (χ1v) is 7.01. The predicted molar refractivity (Wildman–Crippen MR) is 81.5 cm³/mol. The van der Waals surface area contributed by atoms with Crippen molar-refractivity contribution in [2.24, 2.45) is 0 Å². The number of carbonyl (C=O) groups excluding carboxylic acids is 1. The molecule has 0 fully saturated rings. The van der Waals surface area contributed by atoms with E-state index in [0.717, 1.165) is 12.2 Å². The molecule has 0 amide bonds. The minimum Gasteiger partial charge on any atom is -0.486 e. The molecular formula is C17H17ClO2. The van der Waals surface area contributed by atoms with Crippen molar-refractivity contribution >= 4 is 16.8 Å². The number of rotatable bonds is 5. The summed E-state index contributed by atoms with van der Waals surface area (Å²) in [4.78, 5) is 11.0. The summed E-state index contributed by atoms with van der Waals surface area (Å²) in [6.45, 7) is 4.17. The van der Waals surface area contributed by atoms with Crippen LogP contribution < -0.4 is 4.74 Å². The van der Waals surface area contributed by atoms with E-state index >= 15 is 0 Å². The third-order valence-corrected chi connectivity index (χ3v) is 3.48. The average molecular weight is 289 g/mol. The van der Waals surface area contributed by atoms with Crippen molar-refractivity contribution in [2.45, 2.75) is 26.4 Å². The van der Waals surface area contributed by atoms with Crippen LogP contribution in [0.1, 0.15) is 40.9 Å². The summed E-state index contributed by atoms with van der Waals surface area (Å²) in [5.41, 5.74) is 2.88. The van der Waals surface area contributed by atoms with E-state index in [4.69, 9.17) is 16.3 Å². The minimum atomic E-state index is -0.456. The summed E-state index contributed by atoms with van der Waals surface area (Å²) in [5.74, 6) is 0.738. The second-order valence-corrected chi connectivity index (χ2v) is 5.01. The highest BCUT2D eigenvalue weighted by Crippen LogP contribution is 2.27. The van der Waals surface area contributed by atoms with E-state index in [9.17, 15) is 4.79 Å². The molecule has 2 rings (SSSR count). The molecule has 0 aliphatic heterocycles. The van der Waals surface area contributed by atoms with Crippen LogP contribution >= 0.6 is 11.6 Å². The van der Waals surface area contributed by atoms with Gasteiger partial charge in [-0.1, -0.05) is 31.2 Å². The lowest BCUT2D eigenvalue weighted by Gasteiger charge is -2.20. The Labute approximate surface area is 124 Å². The third-order valence-electron chi connectivity index (χ3n) is 3.27. The lowest BCUT2D eigenvalue weighted by atomic mass is 10.0. The summed E-state index contributed by atoms with van der Waals surface area (Å²) >= 11 is 5.43. The van der Waals surface area contributed by atoms with Crippen LogP contribution in [0.2, 0.25) is 0 Å². The molecule has 0 heterocycles. The van der Waals surface area contributed by atoms with E-state index in [1.54, 1.807) is 24.3 Å². The van der Waals surface area contributed by atoms with Crippen molar-refractivity contribution in [3.63, 3.8) is 0 Å². The SMILES string of the molecule is CCC(Oc1ccc(C(=O)Cl)cc1)c1ccccc1C. The average Bonchev–Trinajstić information content (AvgIpc) is 2.46. The fourth-order valence-corrected chi connectivity index (χ4v) is 2.27. The van der Waals surface area contributed by atoms with Crippen molar-refractivity contribution in [1.29, 1.82) is 0 Å². The molecule has 0 saturated heterocycles. The number of halogens is 1. The first-order valence-electron chi connectivity index (χ1n) is 6.64. The Morgan fingerprint density at radius 3 is 2.35 bits per heavy atom. The third kappa shape index (κ3) is 3.40. The molecule has 20 heavy (non-hydrogen) atoms. The van der Waals surface area contributed by atoms with Gasteiger partial charge >= 0.3 is 0 Å². The van der Waals surface area contributed by atoms with Crippen molar-refractivity contribution in [3.8, 4) is 5.75 Å². The zero-order valence-electron chi connectivity index (χ0n) is 11.6. The Hall–Kier alpha value is -1.80. The Morgan fingerprint density at radius 2 is 1.80 bits per heavy atom. The van der Waals surface area contributed by atoms with Gasteiger partial charge < -0.3 is 4.74 Å². The van der Waals surface area contributed by atoms with Crippen LogP contribution in [-0.2, 0) is 0 Å². The highest BCUT2D eigenvalue weighted by atomic mass is 35.5. The summed E-state index contributed by atoms with van der Waals surface area (Å²) in [6, 6.07) is 15.1. The van der Waals surface area contributed by atoms with Crippen LogP contribution in [0.4, 0.5) is 0 Å². The van der Waals surface area contributed by atoms with E-state index < -0.39 is 5.24 Å². The fourth-order valence-electron chi connectivity index (χ4n) is 2.14. The maximum Gasteiger partial charge on any atom is 0.252 e. The van der Waals surface area contributed by atoms with E-state index in [1.807, 2.05) is 12.1 Å². The minimum absolute atomic E-state index is 0.00810. The lowest BCUT2D eigenvalue weighted by molar-refractivity contribution is 0.108. The van der Waals surface area contributed by atoms with Crippen LogP contribution in [0.5, 0.6) is 5.75 Å². The van der Waals surface area contributed by atoms with Crippen molar-refractivity contribution in [3.05, 3.63) is 65.2 Å². The van der Waals surface area contributed by atoms with Gasteiger partial charge in [-0.2, -0.15) is 0 Å². The van der Waals surface area contributed by atoms with E-state index in [1.165, 1.54) is 11.1 Å². The van der Waals surface area contributed by atoms with Crippen LogP contribution in [0.25, 0.3) is 0 Å². The first kappa shape index (κ1) is 14.6. The molecule has 0 aliphatic rings. The zero-order valence-corrected chi connectivity index (χ0v) is 12.4. The van der Waals surface area contributed by atoms with Crippen LogP contribution in [0.3, 0.4) is 0 Å². The second-order valence-electron chi connectivity index (χ2n) is 4.67. The number of ether oxygens (including phenoxy) is 1. The topological polar surface area (TPSA) is 26.3 Å². The number of hydrogen-bond donors (Lipinski definition) is 0. The van der Waals surface area contributed by atoms with Gasteiger partial charge in [-0.3, -0.25) is 4.79 Å². The van der Waals surface area contributed by atoms with Gasteiger partial charge in [0.25, 0.3) is 5.24 Å². The summed E-state index contributed by atoms with van der Waals surface area (Å²) in [5, 5.41) is -0.456. The molecule has 0 saturated carbocycles. The molecule has 104 valence electrons. The second kappa shape index (κ2) is 6.58. The van der Waals surface area contributed by atoms with Crippen molar-refractivity contribution in [1.82, 2.24) is 0 Å². The molecule has 0 aliphatic carbocycles. The quantitative estimate of drug-likeness (QED) is 0.731. The number of aryl methyl sites for hydroxylation is 1. The van der Waals surface area contributed by atoms with E-state index in [-0.39, 0.29) is 6.10 Å². The molecule has 0 N–H and O–H groups in total. The van der Waals surface area contributed by atoms with Crippen LogP contribution in [-0.4, -0.2) is 5.24 Å². The Bertz CT molecular complexity index is 590. The lowest BCUT2D eigenvalue weighted by Crippen LogP contribution is -2.08. The Kier molecular flexibility index (Phi) is 4.80. The zero-order chi connectivity index (χ0) is 14.5. The highest BCUT2D eigenvalue weighted by molar-refractivity contribution is 6.67. The summed E-state index contributed by atoms with van der Waals surface area (Å²) in [7, 11) is 0. The van der Waals surface area contributed by atoms with Gasteiger partial charge in [0.15, 0.2) is 0 Å². The maximum absolute atomic E-state index is 11.0. The summed E-state index contributed by atoms with van der Waals surface area (Å²) < 4.78 is 6.01. The molecule has 1 unspecified atom stereocenters. The summed E-state index contributed by atoms with van der Waals surface area (Å²) in [6.07, 6.45) is 0.884. The molecule has 0 aromatic heterocycles. The van der Waals surface area contributed by atoms with Crippen LogP contribution in [0, 0.1) is 6.92 Å². The molecule has 0 bridgehead atoms. The molecule has 0 radical (unpaired) electrons. The smallest absolute Gasteiger partial charge is 0.252 e. The molecule has 3 heteroatoms. The Morgan fingerprint density at radius 1 is 1.15 bits per heavy atom. The van der Waals surface area contributed by atoms with Gasteiger partial charge in [-0.25, -0.2) is 0 Å². The van der Waals surface area contributed by atoms with E-state index in [0.29, 0.717) is 5.56 Å². The molecule has 2 nitrogen and oxygen atoms in total. The number of hydrogen-bond acceptors (Lipinski definition) is 2. The van der Waals surface area contributed by atoms with Gasteiger partial charge in [-0.15, -0.1) is 0 Å². The standard InChI is InChI=1S/C17H17ClO2/c1-3-16(15-7-5-4-6-12(15)2)20-14-10-8-13(9-11-14)17(18)19/h4-11,16H,3H2,1-2H3. The van der Waals surface area contributed by atoms with Gasteiger partial charge in [0.05, 0.1) is 0 Å². The highest BCUT2D eigenvalue weighted by Gasteiger charge is 2.13. The fraction of sp³-hybridized carbons (Fsp3) is 0.235. The first-order chi connectivity index (χ1) is 9.61. The van der Waals surface area contributed by atoms with Gasteiger partial charge in [0.1, 0.15) is 11.9 Å². The van der Waals surface area contributed by atoms with Crippen molar-refractivity contribution in [2.75, 3.05) is 0 Å². The molecule has 2 aromatic carbocycles. The molecule has 0 spiro atoms. The van der Waals surface area contributed by atoms with Crippen molar-refractivity contribution < 1.29 is 9.53 Å². The van der Waals surface area contributed by atoms with Crippen LogP contribution in [0.15, 0.2) is 48.5 Å². The number of carbonyl (C=O) groups is 1. The maximum atomic E-state index is 11.0. The van der Waals surface area contributed by atoms with Gasteiger partial charge in [0, 0.05) is 5.56 Å². The predicted octanol–water partition coefficient (Wildman–Crippen LogP) is 4.90. The Balaban J connectivity index is 2.18.